The molecule has 80 valence electrons. The molecular weight excluding hydrogens is 188 g/mol. The number of rotatable bonds is 3. The van der Waals surface area contributed by atoms with E-state index in [1.165, 1.54) is 6.42 Å². The quantitative estimate of drug-likeness (QED) is 0.670. The minimum atomic E-state index is -1.17. The molecule has 0 aliphatic heterocycles. The summed E-state index contributed by atoms with van der Waals surface area (Å²) in [6.07, 6.45) is 3.45. The second-order valence-electron chi connectivity index (χ2n) is 5.25. The molecule has 1 saturated carbocycles. The third-order valence-corrected chi connectivity index (χ3v) is 5.64. The van der Waals surface area contributed by atoms with Crippen molar-refractivity contribution in [3.8, 4) is 6.07 Å². The van der Waals surface area contributed by atoms with Crippen molar-refractivity contribution in [3.63, 3.8) is 0 Å². The first kappa shape index (κ1) is 11.7. The van der Waals surface area contributed by atoms with Crippen LogP contribution < -0.4 is 0 Å². The van der Waals surface area contributed by atoms with Crippen molar-refractivity contribution in [1.29, 1.82) is 5.26 Å². The van der Waals surface area contributed by atoms with Gasteiger partial charge in [0.2, 0.25) is 0 Å². The highest BCUT2D eigenvalue weighted by atomic mass is 28.3. The summed E-state index contributed by atoms with van der Waals surface area (Å²) in [5.74, 6) is 0.324. The maximum atomic E-state index is 8.88. The molecule has 0 saturated heterocycles. The van der Waals surface area contributed by atoms with Crippen LogP contribution in [0, 0.1) is 17.2 Å². The van der Waals surface area contributed by atoms with Crippen LogP contribution in [0.1, 0.15) is 26.2 Å². The molecule has 1 fully saturated rings. The van der Waals surface area contributed by atoms with E-state index in [1.54, 1.807) is 0 Å². The summed E-state index contributed by atoms with van der Waals surface area (Å²) in [5, 5.41) is 8.88. The Hall–Kier alpha value is -0.333. The Kier molecular flexibility index (Phi) is 3.74. The molecule has 0 aromatic heterocycles. The molecule has 0 bridgehead atoms. The Labute approximate surface area is 89.0 Å². The monoisotopic (exact) mass is 210 g/mol. The third kappa shape index (κ3) is 2.58. The number of hydrogen-bond acceptors (Lipinski definition) is 2. The van der Waals surface area contributed by atoms with Crippen LogP contribution >= 0.6 is 0 Å². The largest absolute Gasteiger partial charge is 0.321 e. The predicted molar refractivity (Wildman–Crippen MR) is 62.5 cm³/mol. The van der Waals surface area contributed by atoms with Crippen LogP contribution in [0.2, 0.25) is 19.6 Å². The molecule has 0 aromatic rings. The zero-order valence-corrected chi connectivity index (χ0v) is 10.9. The minimum absolute atomic E-state index is 0.324. The highest BCUT2D eigenvalue weighted by molar-refractivity contribution is 6.73. The van der Waals surface area contributed by atoms with Crippen molar-refractivity contribution in [1.82, 2.24) is 4.57 Å². The van der Waals surface area contributed by atoms with Crippen LogP contribution in [0.5, 0.6) is 0 Å². The third-order valence-electron chi connectivity index (χ3n) is 3.23. The summed E-state index contributed by atoms with van der Waals surface area (Å²) in [5.41, 5.74) is 0. The Morgan fingerprint density at radius 3 is 2.36 bits per heavy atom. The molecule has 3 heteroatoms. The Morgan fingerprint density at radius 2 is 2.00 bits per heavy atom. The summed E-state index contributed by atoms with van der Waals surface area (Å²) < 4.78 is 2.67. The molecule has 1 aliphatic carbocycles. The second-order valence-corrected chi connectivity index (χ2v) is 10.2. The Morgan fingerprint density at radius 1 is 1.36 bits per heavy atom. The van der Waals surface area contributed by atoms with Gasteiger partial charge in [-0.15, -0.1) is 0 Å². The first-order valence-electron chi connectivity index (χ1n) is 5.65. The van der Waals surface area contributed by atoms with Crippen LogP contribution in [0.25, 0.3) is 0 Å². The highest BCUT2D eigenvalue weighted by Gasteiger charge is 2.34. The van der Waals surface area contributed by atoms with Gasteiger partial charge in [0.15, 0.2) is 0 Å². The van der Waals surface area contributed by atoms with E-state index in [0.29, 0.717) is 12.0 Å². The molecule has 1 rings (SSSR count). The lowest BCUT2D eigenvalue weighted by molar-refractivity contribution is 0.329. The lowest BCUT2D eigenvalue weighted by atomic mass is 10.1. The van der Waals surface area contributed by atoms with Gasteiger partial charge >= 0.3 is 0 Å². The van der Waals surface area contributed by atoms with E-state index < -0.39 is 8.24 Å². The van der Waals surface area contributed by atoms with Crippen molar-refractivity contribution in [2.24, 2.45) is 5.92 Å². The summed E-state index contributed by atoms with van der Waals surface area (Å²) in [6, 6.07) is 3.10. The van der Waals surface area contributed by atoms with E-state index in [1.807, 2.05) is 0 Å². The van der Waals surface area contributed by atoms with Gasteiger partial charge < -0.3 is 4.57 Å². The molecule has 1 aliphatic rings. The topological polar surface area (TPSA) is 27.0 Å². The highest BCUT2D eigenvalue weighted by Crippen LogP contribution is 2.31. The molecule has 0 radical (unpaired) electrons. The van der Waals surface area contributed by atoms with Crippen molar-refractivity contribution in [2.45, 2.75) is 51.9 Å². The summed E-state index contributed by atoms with van der Waals surface area (Å²) in [7, 11) is -1.17. The maximum Gasteiger partial charge on any atom is 0.119 e. The van der Waals surface area contributed by atoms with Gasteiger partial charge in [-0.1, -0.05) is 26.6 Å². The molecular formula is C11H22N2Si. The standard InChI is InChI=1S/C11H22N2Si/c1-5-13(14(2,3)4)11-7-6-10(8-11)9-12/h10-11H,5-8H2,1-4H3. The number of nitrogens with zero attached hydrogens (tertiary/aromatic N) is 2. The summed E-state index contributed by atoms with van der Waals surface area (Å²) >= 11 is 0. The Balaban J connectivity index is 2.61. The summed E-state index contributed by atoms with van der Waals surface area (Å²) in [6.45, 7) is 10.6. The number of hydrogen-bond donors (Lipinski definition) is 0. The van der Waals surface area contributed by atoms with Gasteiger partial charge in [-0.25, -0.2) is 0 Å². The van der Waals surface area contributed by atoms with Crippen LogP contribution in [0.4, 0.5) is 0 Å². The first-order chi connectivity index (χ1) is 6.49. The van der Waals surface area contributed by atoms with E-state index in [9.17, 15) is 0 Å². The average molecular weight is 210 g/mol. The van der Waals surface area contributed by atoms with Gasteiger partial charge in [0.05, 0.1) is 6.07 Å². The van der Waals surface area contributed by atoms with Gasteiger partial charge in [0.25, 0.3) is 0 Å². The van der Waals surface area contributed by atoms with Gasteiger partial charge in [-0.2, -0.15) is 5.26 Å². The molecule has 0 spiro atoms. The van der Waals surface area contributed by atoms with Crippen LogP contribution in [0.3, 0.4) is 0 Å². The summed E-state index contributed by atoms with van der Waals surface area (Å²) in [4.78, 5) is 0. The van der Waals surface area contributed by atoms with Crippen molar-refractivity contribution < 1.29 is 0 Å². The minimum Gasteiger partial charge on any atom is -0.321 e. The smallest absolute Gasteiger partial charge is 0.119 e. The molecule has 0 N–H and O–H groups in total. The first-order valence-corrected chi connectivity index (χ1v) is 9.10. The van der Waals surface area contributed by atoms with Crippen molar-refractivity contribution in [3.05, 3.63) is 0 Å². The van der Waals surface area contributed by atoms with Crippen LogP contribution in [0.15, 0.2) is 0 Å². The molecule has 0 aromatic carbocycles. The Bertz CT molecular complexity index is 226. The molecule has 0 heterocycles. The zero-order chi connectivity index (χ0) is 10.8. The molecule has 2 nitrogen and oxygen atoms in total. The van der Waals surface area contributed by atoms with Crippen molar-refractivity contribution >= 4 is 8.24 Å². The number of nitriles is 1. The fourth-order valence-electron chi connectivity index (χ4n) is 2.64. The molecule has 2 unspecified atom stereocenters. The van der Waals surface area contributed by atoms with E-state index in [0.717, 1.165) is 19.4 Å². The SMILES string of the molecule is CCN(C1CCC(C#N)C1)[Si](C)(C)C. The lowest BCUT2D eigenvalue weighted by Crippen LogP contribution is -2.50. The molecule has 2 atom stereocenters. The van der Waals surface area contributed by atoms with E-state index in [4.69, 9.17) is 5.26 Å². The van der Waals surface area contributed by atoms with Crippen LogP contribution in [-0.4, -0.2) is 25.4 Å². The van der Waals surface area contributed by atoms with Gasteiger partial charge in [-0.05, 0) is 25.8 Å². The van der Waals surface area contributed by atoms with Gasteiger partial charge in [-0.3, -0.25) is 0 Å². The zero-order valence-electron chi connectivity index (χ0n) is 9.88. The maximum absolute atomic E-state index is 8.88. The van der Waals surface area contributed by atoms with Gasteiger partial charge in [0.1, 0.15) is 8.24 Å². The van der Waals surface area contributed by atoms with E-state index in [2.05, 4.69) is 37.2 Å². The average Bonchev–Trinajstić information content (AvgIpc) is 2.51. The second kappa shape index (κ2) is 4.46. The molecule has 0 amide bonds. The lowest BCUT2D eigenvalue weighted by Gasteiger charge is -2.38. The van der Waals surface area contributed by atoms with Crippen molar-refractivity contribution in [2.75, 3.05) is 6.54 Å². The van der Waals surface area contributed by atoms with Crippen LogP contribution in [-0.2, 0) is 0 Å². The van der Waals surface area contributed by atoms with Gasteiger partial charge in [0, 0.05) is 12.0 Å². The fraction of sp³-hybridized carbons (Fsp3) is 0.909. The van der Waals surface area contributed by atoms with E-state index >= 15 is 0 Å². The normalized spacial score (nSPS) is 28.0. The molecule has 14 heavy (non-hydrogen) atoms. The predicted octanol–water partition coefficient (Wildman–Crippen LogP) is 2.84. The van der Waals surface area contributed by atoms with E-state index in [-0.39, 0.29) is 0 Å². The fourth-order valence-corrected chi connectivity index (χ4v) is 4.92.